The molecule has 0 saturated carbocycles. The number of benzene rings is 2. The van der Waals surface area contributed by atoms with Gasteiger partial charge in [-0.25, -0.2) is 4.79 Å². The lowest BCUT2D eigenvalue weighted by molar-refractivity contribution is -0.131. The van der Waals surface area contributed by atoms with Crippen LogP contribution in [-0.4, -0.2) is 11.1 Å². The summed E-state index contributed by atoms with van der Waals surface area (Å²) in [5, 5.41) is 9.51. The molecule has 0 aliphatic rings. The third-order valence-electron chi connectivity index (χ3n) is 3.17. The van der Waals surface area contributed by atoms with Crippen LogP contribution < -0.4 is 0 Å². The van der Waals surface area contributed by atoms with Crippen molar-refractivity contribution >= 4 is 23.1 Å². The summed E-state index contributed by atoms with van der Waals surface area (Å²) in [6.45, 7) is 3.82. The van der Waals surface area contributed by atoms with Crippen LogP contribution in [0, 0.1) is 6.92 Å². The van der Waals surface area contributed by atoms with Crippen molar-refractivity contribution in [2.24, 2.45) is 0 Å². The molecular weight excluding hydrogens is 272 g/mol. The van der Waals surface area contributed by atoms with E-state index in [1.54, 1.807) is 6.92 Å². The summed E-state index contributed by atoms with van der Waals surface area (Å²) in [6, 6.07) is 13.6. The van der Waals surface area contributed by atoms with Crippen molar-refractivity contribution in [3.8, 4) is 11.1 Å². The summed E-state index contributed by atoms with van der Waals surface area (Å²) in [5.41, 5.74) is 4.83. The Balaban J connectivity index is 2.49. The number of carboxylic acids is 1. The lowest BCUT2D eigenvalue weighted by Gasteiger charge is -2.09. The zero-order valence-corrected chi connectivity index (χ0v) is 12.1. The minimum atomic E-state index is -0.938. The summed E-state index contributed by atoms with van der Waals surface area (Å²) in [4.78, 5) is 10.7. The molecule has 2 aromatic carbocycles. The average Bonchev–Trinajstić information content (AvgIpc) is 2.41. The molecule has 0 amide bonds. The van der Waals surface area contributed by atoms with E-state index in [1.807, 2.05) is 49.4 Å². The molecule has 0 saturated heterocycles. The molecule has 2 nitrogen and oxygen atoms in total. The number of hydrogen-bond acceptors (Lipinski definition) is 1. The highest BCUT2D eigenvalue weighted by molar-refractivity contribution is 6.30. The molecule has 0 fully saturated rings. The van der Waals surface area contributed by atoms with Crippen LogP contribution in [0.5, 0.6) is 0 Å². The smallest absolute Gasteiger partial charge is 0.328 e. The number of allylic oxidation sites excluding steroid dienone is 1. The van der Waals surface area contributed by atoms with Gasteiger partial charge in [-0.3, -0.25) is 0 Å². The Morgan fingerprint density at radius 2 is 1.95 bits per heavy atom. The molecule has 0 atom stereocenters. The molecule has 102 valence electrons. The maximum atomic E-state index is 10.7. The summed E-state index contributed by atoms with van der Waals surface area (Å²) in [5.74, 6) is -0.938. The highest BCUT2D eigenvalue weighted by Crippen LogP contribution is 2.28. The second-order valence-corrected chi connectivity index (χ2v) is 5.14. The number of halogens is 1. The third kappa shape index (κ3) is 3.28. The van der Waals surface area contributed by atoms with E-state index in [0.717, 1.165) is 27.8 Å². The molecule has 0 aliphatic heterocycles. The quantitative estimate of drug-likeness (QED) is 0.823. The van der Waals surface area contributed by atoms with Gasteiger partial charge in [-0.05, 0) is 59.9 Å². The van der Waals surface area contributed by atoms with Gasteiger partial charge in [0.25, 0.3) is 0 Å². The first kappa shape index (κ1) is 14.4. The number of hydrogen-bond donors (Lipinski definition) is 1. The monoisotopic (exact) mass is 286 g/mol. The Labute approximate surface area is 123 Å². The molecule has 0 spiro atoms. The van der Waals surface area contributed by atoms with Crippen molar-refractivity contribution in [3.63, 3.8) is 0 Å². The van der Waals surface area contributed by atoms with Crippen molar-refractivity contribution in [1.29, 1.82) is 0 Å². The molecule has 2 aromatic rings. The van der Waals surface area contributed by atoms with Gasteiger partial charge in [-0.1, -0.05) is 35.9 Å². The molecule has 0 bridgehead atoms. The molecule has 0 aliphatic carbocycles. The highest BCUT2D eigenvalue weighted by atomic mass is 35.5. The van der Waals surface area contributed by atoms with Crippen molar-refractivity contribution in [2.75, 3.05) is 0 Å². The van der Waals surface area contributed by atoms with Crippen molar-refractivity contribution in [3.05, 3.63) is 64.7 Å². The van der Waals surface area contributed by atoms with Gasteiger partial charge in [0.15, 0.2) is 0 Å². The number of rotatable bonds is 3. The lowest BCUT2D eigenvalue weighted by Crippen LogP contribution is -1.91. The second kappa shape index (κ2) is 5.93. The van der Waals surface area contributed by atoms with Gasteiger partial charge in [0.05, 0.1) is 0 Å². The van der Waals surface area contributed by atoms with E-state index in [2.05, 4.69) is 0 Å². The number of aliphatic carboxylic acids is 1. The SMILES string of the molecule is C/C(=C\C(=O)O)c1cccc(-c2cc(Cl)ccc2C)c1. The number of carboxylic acid groups (broad SMARTS) is 1. The van der Waals surface area contributed by atoms with Crippen LogP contribution in [0.2, 0.25) is 5.02 Å². The van der Waals surface area contributed by atoms with Gasteiger partial charge >= 0.3 is 5.97 Å². The van der Waals surface area contributed by atoms with E-state index >= 15 is 0 Å². The van der Waals surface area contributed by atoms with E-state index in [4.69, 9.17) is 16.7 Å². The minimum Gasteiger partial charge on any atom is -0.478 e. The van der Waals surface area contributed by atoms with E-state index < -0.39 is 5.97 Å². The second-order valence-electron chi connectivity index (χ2n) is 4.71. The summed E-state index contributed by atoms with van der Waals surface area (Å²) in [6.07, 6.45) is 1.21. The highest BCUT2D eigenvalue weighted by Gasteiger charge is 2.05. The summed E-state index contributed by atoms with van der Waals surface area (Å²) < 4.78 is 0. The van der Waals surface area contributed by atoms with Gasteiger partial charge in [0.1, 0.15) is 0 Å². The summed E-state index contributed by atoms with van der Waals surface area (Å²) in [7, 11) is 0. The molecular formula is C17H15ClO2. The molecule has 0 heterocycles. The Morgan fingerprint density at radius 1 is 1.20 bits per heavy atom. The Bertz CT molecular complexity index is 687. The predicted molar refractivity (Wildman–Crippen MR) is 82.9 cm³/mol. The fourth-order valence-corrected chi connectivity index (χ4v) is 2.28. The summed E-state index contributed by atoms with van der Waals surface area (Å²) >= 11 is 6.05. The average molecular weight is 287 g/mol. The van der Waals surface area contributed by atoms with Crippen molar-refractivity contribution in [1.82, 2.24) is 0 Å². The Hall–Kier alpha value is -2.06. The third-order valence-corrected chi connectivity index (χ3v) is 3.40. The van der Waals surface area contributed by atoms with Crippen LogP contribution in [0.3, 0.4) is 0 Å². The largest absolute Gasteiger partial charge is 0.478 e. The van der Waals surface area contributed by atoms with Crippen LogP contribution >= 0.6 is 11.6 Å². The molecule has 2 rings (SSSR count). The van der Waals surface area contributed by atoms with Gasteiger partial charge in [-0.2, -0.15) is 0 Å². The van der Waals surface area contributed by atoms with Gasteiger partial charge < -0.3 is 5.11 Å². The van der Waals surface area contributed by atoms with Gasteiger partial charge in [-0.15, -0.1) is 0 Å². The lowest BCUT2D eigenvalue weighted by atomic mass is 9.97. The number of aryl methyl sites for hydroxylation is 1. The molecule has 1 N–H and O–H groups in total. The van der Waals surface area contributed by atoms with E-state index in [9.17, 15) is 4.79 Å². The van der Waals surface area contributed by atoms with Gasteiger partial charge in [0, 0.05) is 11.1 Å². The molecule has 20 heavy (non-hydrogen) atoms. The van der Waals surface area contributed by atoms with Crippen LogP contribution in [0.15, 0.2) is 48.5 Å². The predicted octanol–water partition coefficient (Wildman–Crippen LogP) is 4.80. The Kier molecular flexibility index (Phi) is 4.26. The first-order valence-corrected chi connectivity index (χ1v) is 6.63. The van der Waals surface area contributed by atoms with Crippen molar-refractivity contribution in [2.45, 2.75) is 13.8 Å². The van der Waals surface area contributed by atoms with Crippen LogP contribution in [0.1, 0.15) is 18.1 Å². The normalized spacial score (nSPS) is 11.4. The molecule has 0 unspecified atom stereocenters. The molecule has 0 radical (unpaired) electrons. The first-order valence-electron chi connectivity index (χ1n) is 6.25. The van der Waals surface area contributed by atoms with Crippen LogP contribution in [0.25, 0.3) is 16.7 Å². The fraction of sp³-hybridized carbons (Fsp3) is 0.118. The molecule has 3 heteroatoms. The van der Waals surface area contributed by atoms with E-state index in [1.165, 1.54) is 6.08 Å². The minimum absolute atomic E-state index is 0.689. The fourth-order valence-electron chi connectivity index (χ4n) is 2.11. The van der Waals surface area contributed by atoms with Crippen LogP contribution in [0.4, 0.5) is 0 Å². The zero-order chi connectivity index (χ0) is 14.7. The van der Waals surface area contributed by atoms with Gasteiger partial charge in [0.2, 0.25) is 0 Å². The Morgan fingerprint density at radius 3 is 2.65 bits per heavy atom. The van der Waals surface area contributed by atoms with E-state index in [-0.39, 0.29) is 0 Å². The standard InChI is InChI=1S/C17H15ClO2/c1-11-6-7-15(18)10-16(11)14-5-3-4-13(9-14)12(2)8-17(19)20/h3-10H,1-2H3,(H,19,20)/b12-8+. The number of carbonyl (C=O) groups is 1. The first-order chi connectivity index (χ1) is 9.47. The maximum absolute atomic E-state index is 10.7. The van der Waals surface area contributed by atoms with E-state index in [0.29, 0.717) is 5.02 Å². The topological polar surface area (TPSA) is 37.3 Å². The van der Waals surface area contributed by atoms with Crippen molar-refractivity contribution < 1.29 is 9.90 Å². The maximum Gasteiger partial charge on any atom is 0.328 e. The van der Waals surface area contributed by atoms with Crippen LogP contribution in [-0.2, 0) is 4.79 Å². The molecule has 0 aromatic heterocycles. The zero-order valence-electron chi connectivity index (χ0n) is 11.4.